The zero-order valence-corrected chi connectivity index (χ0v) is 16.5. The molecule has 0 bridgehead atoms. The Balaban J connectivity index is 1.72. The Kier molecular flexibility index (Phi) is 6.16. The van der Waals surface area contributed by atoms with Crippen molar-refractivity contribution in [2.75, 3.05) is 20.8 Å². The summed E-state index contributed by atoms with van der Waals surface area (Å²) in [5, 5.41) is 2.42. The number of esters is 2. The molecule has 2 aromatic rings. The van der Waals surface area contributed by atoms with Crippen molar-refractivity contribution in [1.29, 1.82) is 0 Å². The first kappa shape index (κ1) is 20.4. The number of hydrogen-bond acceptors (Lipinski definition) is 6. The van der Waals surface area contributed by atoms with E-state index in [9.17, 15) is 14.4 Å². The summed E-state index contributed by atoms with van der Waals surface area (Å²) in [6.45, 7) is 1.57. The minimum atomic E-state index is -1.21. The molecule has 3 rings (SSSR count). The SMILES string of the molecule is COC(=O)[C@@H](C)[C@@H](NC(=O)OCC1c2ccccc2-c2ccccc21)C(=O)OC. The molecule has 1 aliphatic rings. The third kappa shape index (κ3) is 4.08. The van der Waals surface area contributed by atoms with Crippen molar-refractivity contribution < 1.29 is 28.6 Å². The van der Waals surface area contributed by atoms with Crippen LogP contribution in [-0.4, -0.2) is 44.9 Å². The third-order valence-electron chi connectivity index (χ3n) is 5.15. The Morgan fingerprint density at radius 1 is 0.897 bits per heavy atom. The van der Waals surface area contributed by atoms with Crippen LogP contribution in [-0.2, 0) is 23.8 Å². The number of nitrogens with one attached hydrogen (secondary N) is 1. The van der Waals surface area contributed by atoms with Crippen LogP contribution in [0.5, 0.6) is 0 Å². The molecule has 152 valence electrons. The lowest BCUT2D eigenvalue weighted by molar-refractivity contribution is -0.153. The van der Waals surface area contributed by atoms with Gasteiger partial charge in [-0.05, 0) is 29.2 Å². The highest BCUT2D eigenvalue weighted by Gasteiger charge is 2.34. The molecule has 1 amide bonds. The maximum atomic E-state index is 12.4. The van der Waals surface area contributed by atoms with Gasteiger partial charge in [0.2, 0.25) is 0 Å². The first-order valence-corrected chi connectivity index (χ1v) is 9.25. The summed E-state index contributed by atoms with van der Waals surface area (Å²) < 4.78 is 14.8. The molecule has 1 aliphatic carbocycles. The van der Waals surface area contributed by atoms with Crippen LogP contribution in [0.3, 0.4) is 0 Å². The van der Waals surface area contributed by atoms with Crippen LogP contribution >= 0.6 is 0 Å². The number of carbonyl (C=O) groups is 3. The van der Waals surface area contributed by atoms with Gasteiger partial charge in [-0.3, -0.25) is 4.79 Å². The average Bonchev–Trinajstić information content (AvgIpc) is 3.08. The van der Waals surface area contributed by atoms with Crippen LogP contribution in [0.2, 0.25) is 0 Å². The van der Waals surface area contributed by atoms with Crippen LogP contribution < -0.4 is 5.32 Å². The van der Waals surface area contributed by atoms with E-state index in [4.69, 9.17) is 4.74 Å². The largest absolute Gasteiger partial charge is 0.469 e. The number of alkyl carbamates (subject to hydrolysis) is 1. The van der Waals surface area contributed by atoms with E-state index in [2.05, 4.69) is 14.8 Å². The van der Waals surface area contributed by atoms with Crippen molar-refractivity contribution in [1.82, 2.24) is 5.32 Å². The van der Waals surface area contributed by atoms with Gasteiger partial charge < -0.3 is 19.5 Å². The Morgan fingerprint density at radius 3 is 1.93 bits per heavy atom. The van der Waals surface area contributed by atoms with Crippen molar-refractivity contribution in [3.05, 3.63) is 59.7 Å². The fraction of sp³-hybridized carbons (Fsp3) is 0.318. The quantitative estimate of drug-likeness (QED) is 0.595. The smallest absolute Gasteiger partial charge is 0.407 e. The first-order chi connectivity index (χ1) is 14.0. The van der Waals surface area contributed by atoms with Crippen LogP contribution in [0.1, 0.15) is 24.0 Å². The zero-order valence-electron chi connectivity index (χ0n) is 16.5. The van der Waals surface area contributed by atoms with Gasteiger partial charge in [-0.1, -0.05) is 48.5 Å². The summed E-state index contributed by atoms with van der Waals surface area (Å²) in [4.78, 5) is 36.1. The van der Waals surface area contributed by atoms with Crippen LogP contribution in [0.25, 0.3) is 11.1 Å². The van der Waals surface area contributed by atoms with Crippen LogP contribution in [0, 0.1) is 5.92 Å². The van der Waals surface area contributed by atoms with Crippen molar-refractivity contribution in [3.63, 3.8) is 0 Å². The first-order valence-electron chi connectivity index (χ1n) is 9.25. The van der Waals surface area contributed by atoms with Gasteiger partial charge >= 0.3 is 18.0 Å². The maximum absolute atomic E-state index is 12.4. The summed E-state index contributed by atoms with van der Waals surface area (Å²) in [7, 11) is 2.39. The maximum Gasteiger partial charge on any atom is 0.407 e. The molecule has 0 spiro atoms. The molecule has 29 heavy (non-hydrogen) atoms. The normalized spacial score (nSPS) is 14.2. The van der Waals surface area contributed by atoms with E-state index in [1.807, 2.05) is 48.5 Å². The number of benzene rings is 2. The lowest BCUT2D eigenvalue weighted by atomic mass is 9.98. The summed E-state index contributed by atoms with van der Waals surface area (Å²) in [6, 6.07) is 14.7. The summed E-state index contributed by atoms with van der Waals surface area (Å²) >= 11 is 0. The standard InChI is InChI=1S/C22H23NO6/c1-13(20(24)27-2)19(21(25)28-3)23-22(26)29-12-18-16-10-6-4-8-14(16)15-9-5-7-11-17(15)18/h4-11,13,18-19H,12H2,1-3H3,(H,23,26)/t13-,19+/m0/s1. The van der Waals surface area contributed by atoms with Gasteiger partial charge in [-0.15, -0.1) is 0 Å². The van der Waals surface area contributed by atoms with Crippen molar-refractivity contribution in [3.8, 4) is 11.1 Å². The summed E-state index contributed by atoms with van der Waals surface area (Å²) in [5.41, 5.74) is 4.38. The lowest BCUT2D eigenvalue weighted by Crippen LogP contribution is -2.48. The number of rotatable bonds is 6. The molecule has 0 heterocycles. The fourth-order valence-electron chi connectivity index (χ4n) is 3.60. The van der Waals surface area contributed by atoms with E-state index < -0.39 is 30.0 Å². The van der Waals surface area contributed by atoms with Gasteiger partial charge in [0, 0.05) is 5.92 Å². The molecule has 7 heteroatoms. The second-order valence-corrected chi connectivity index (χ2v) is 6.78. The second-order valence-electron chi connectivity index (χ2n) is 6.78. The summed E-state index contributed by atoms with van der Waals surface area (Å²) in [5.74, 6) is -2.42. The molecule has 0 unspecified atom stereocenters. The molecule has 1 N–H and O–H groups in total. The zero-order chi connectivity index (χ0) is 21.0. The number of carbonyl (C=O) groups excluding carboxylic acids is 3. The number of fused-ring (bicyclic) bond motifs is 3. The predicted octanol–water partition coefficient (Wildman–Crippen LogP) is 2.88. The molecular weight excluding hydrogens is 374 g/mol. The Morgan fingerprint density at radius 2 is 1.41 bits per heavy atom. The topological polar surface area (TPSA) is 90.9 Å². The van der Waals surface area contributed by atoms with Crippen molar-refractivity contribution in [2.24, 2.45) is 5.92 Å². The lowest BCUT2D eigenvalue weighted by Gasteiger charge is -2.21. The number of hydrogen-bond donors (Lipinski definition) is 1. The fourth-order valence-corrected chi connectivity index (χ4v) is 3.60. The molecule has 7 nitrogen and oxygen atoms in total. The van der Waals surface area contributed by atoms with Gasteiger partial charge in [0.25, 0.3) is 0 Å². The highest BCUT2D eigenvalue weighted by Crippen LogP contribution is 2.44. The highest BCUT2D eigenvalue weighted by atomic mass is 16.6. The Hall–Kier alpha value is -3.35. The number of amides is 1. The number of ether oxygens (including phenoxy) is 3. The molecule has 0 saturated heterocycles. The van der Waals surface area contributed by atoms with Gasteiger partial charge in [0.05, 0.1) is 20.1 Å². The minimum Gasteiger partial charge on any atom is -0.469 e. The van der Waals surface area contributed by atoms with E-state index in [0.717, 1.165) is 22.3 Å². The molecule has 2 aromatic carbocycles. The Labute approximate surface area is 169 Å². The van der Waals surface area contributed by atoms with E-state index in [-0.39, 0.29) is 12.5 Å². The molecule has 0 aromatic heterocycles. The summed E-state index contributed by atoms with van der Waals surface area (Å²) in [6.07, 6.45) is -0.807. The number of methoxy groups -OCH3 is 2. The third-order valence-corrected chi connectivity index (χ3v) is 5.15. The molecular formula is C22H23NO6. The molecule has 0 radical (unpaired) electrons. The van der Waals surface area contributed by atoms with E-state index in [0.29, 0.717) is 0 Å². The predicted molar refractivity (Wildman–Crippen MR) is 105 cm³/mol. The van der Waals surface area contributed by atoms with E-state index in [1.165, 1.54) is 21.1 Å². The molecule has 2 atom stereocenters. The van der Waals surface area contributed by atoms with Gasteiger partial charge in [0.15, 0.2) is 0 Å². The van der Waals surface area contributed by atoms with E-state index >= 15 is 0 Å². The van der Waals surface area contributed by atoms with Crippen molar-refractivity contribution >= 4 is 18.0 Å². The van der Waals surface area contributed by atoms with E-state index in [1.54, 1.807) is 0 Å². The highest BCUT2D eigenvalue weighted by molar-refractivity contribution is 5.87. The molecule has 0 saturated carbocycles. The van der Waals surface area contributed by atoms with Gasteiger partial charge in [-0.25, -0.2) is 9.59 Å². The van der Waals surface area contributed by atoms with Crippen molar-refractivity contribution in [2.45, 2.75) is 18.9 Å². The van der Waals surface area contributed by atoms with Crippen LogP contribution in [0.4, 0.5) is 4.79 Å². The Bertz CT molecular complexity index is 880. The van der Waals surface area contributed by atoms with Crippen LogP contribution in [0.15, 0.2) is 48.5 Å². The molecule has 0 aliphatic heterocycles. The minimum absolute atomic E-state index is 0.0976. The molecule has 0 fully saturated rings. The van der Waals surface area contributed by atoms with Gasteiger partial charge in [-0.2, -0.15) is 0 Å². The monoisotopic (exact) mass is 397 g/mol. The van der Waals surface area contributed by atoms with Gasteiger partial charge in [0.1, 0.15) is 12.6 Å². The average molecular weight is 397 g/mol. The second kappa shape index (κ2) is 8.77.